The van der Waals surface area contributed by atoms with Gasteiger partial charge in [-0.3, -0.25) is 4.79 Å². The summed E-state index contributed by atoms with van der Waals surface area (Å²) in [5.41, 5.74) is 0. The largest absolute Gasteiger partial charge is 0.468 e. The van der Waals surface area contributed by atoms with Gasteiger partial charge in [0.1, 0.15) is 5.76 Å². The maximum Gasteiger partial charge on any atom is 0.221 e. The number of hydrogen-bond donors (Lipinski definition) is 2. The van der Waals surface area contributed by atoms with Crippen LogP contribution in [0.2, 0.25) is 0 Å². The second-order valence-corrected chi connectivity index (χ2v) is 3.08. The van der Waals surface area contributed by atoms with Crippen LogP contribution >= 0.6 is 0 Å². The van der Waals surface area contributed by atoms with E-state index in [4.69, 9.17) is 4.42 Å². The molecule has 4 heteroatoms. The van der Waals surface area contributed by atoms with Crippen molar-refractivity contribution in [2.75, 3.05) is 13.1 Å². The lowest BCUT2D eigenvalue weighted by atomic mass is 10.2. The number of furan rings is 1. The summed E-state index contributed by atoms with van der Waals surface area (Å²) < 4.78 is 5.25. The molecule has 1 aliphatic heterocycles. The Labute approximate surface area is 76.3 Å². The Balaban J connectivity index is 2.04. The minimum absolute atomic E-state index is 0.0987. The highest BCUT2D eigenvalue weighted by molar-refractivity contribution is 5.76. The summed E-state index contributed by atoms with van der Waals surface area (Å²) in [7, 11) is 0. The number of hydrogen-bond acceptors (Lipinski definition) is 3. The van der Waals surface area contributed by atoms with Crippen molar-refractivity contribution in [1.29, 1.82) is 0 Å². The monoisotopic (exact) mass is 180 g/mol. The molecule has 0 bridgehead atoms. The molecule has 0 aromatic carbocycles. The lowest BCUT2D eigenvalue weighted by molar-refractivity contribution is -0.120. The predicted octanol–water partition coefficient (Wildman–Crippen LogP) is 0.430. The third-order valence-corrected chi connectivity index (χ3v) is 2.13. The summed E-state index contributed by atoms with van der Waals surface area (Å²) in [5, 5.41) is 6.06. The molecule has 1 aromatic heterocycles. The molecule has 1 unspecified atom stereocenters. The van der Waals surface area contributed by atoms with Crippen molar-refractivity contribution in [2.24, 2.45) is 0 Å². The Bertz CT molecular complexity index is 282. The summed E-state index contributed by atoms with van der Waals surface area (Å²) in [6, 6.07) is 3.88. The molecular formula is C9H12N2O2. The van der Waals surface area contributed by atoms with E-state index in [0.717, 1.165) is 5.76 Å². The average Bonchev–Trinajstić information content (AvgIpc) is 2.56. The van der Waals surface area contributed by atoms with Crippen molar-refractivity contribution in [3.05, 3.63) is 24.2 Å². The van der Waals surface area contributed by atoms with Gasteiger partial charge >= 0.3 is 0 Å². The molecule has 0 saturated carbocycles. The van der Waals surface area contributed by atoms with Crippen molar-refractivity contribution < 1.29 is 9.21 Å². The standard InChI is InChI=1S/C9H12N2O2/c12-9-3-4-10-7(6-11-9)8-2-1-5-13-8/h1-2,5,7,10H,3-4,6H2,(H,11,12). The molecule has 1 amide bonds. The molecule has 0 aliphatic carbocycles. The number of carbonyl (C=O) groups excluding carboxylic acids is 1. The van der Waals surface area contributed by atoms with Crippen molar-refractivity contribution in [1.82, 2.24) is 10.6 Å². The third-order valence-electron chi connectivity index (χ3n) is 2.13. The van der Waals surface area contributed by atoms with Gasteiger partial charge in [-0.2, -0.15) is 0 Å². The van der Waals surface area contributed by atoms with Crippen LogP contribution in [-0.4, -0.2) is 19.0 Å². The van der Waals surface area contributed by atoms with Gasteiger partial charge in [0.15, 0.2) is 0 Å². The SMILES string of the molecule is O=C1CCNC(c2ccco2)CN1. The van der Waals surface area contributed by atoms with Gasteiger partial charge in [0.25, 0.3) is 0 Å². The van der Waals surface area contributed by atoms with Crippen LogP contribution in [0.4, 0.5) is 0 Å². The molecule has 13 heavy (non-hydrogen) atoms. The van der Waals surface area contributed by atoms with Crippen LogP contribution in [0.3, 0.4) is 0 Å². The molecule has 1 atom stereocenters. The summed E-state index contributed by atoms with van der Waals surface area (Å²) in [4.78, 5) is 11.0. The van der Waals surface area contributed by atoms with Gasteiger partial charge in [-0.25, -0.2) is 0 Å². The lowest BCUT2D eigenvalue weighted by Gasteiger charge is -2.11. The maximum atomic E-state index is 11.0. The van der Waals surface area contributed by atoms with Crippen molar-refractivity contribution in [3.63, 3.8) is 0 Å². The Hall–Kier alpha value is -1.29. The van der Waals surface area contributed by atoms with Gasteiger partial charge in [0, 0.05) is 19.5 Å². The molecule has 1 saturated heterocycles. The number of amides is 1. The van der Waals surface area contributed by atoms with Gasteiger partial charge in [-0.1, -0.05) is 0 Å². The molecule has 2 heterocycles. The van der Waals surface area contributed by atoms with Crippen LogP contribution < -0.4 is 10.6 Å². The zero-order chi connectivity index (χ0) is 9.10. The van der Waals surface area contributed by atoms with E-state index in [1.807, 2.05) is 12.1 Å². The smallest absolute Gasteiger partial charge is 0.221 e. The Morgan fingerprint density at radius 2 is 2.46 bits per heavy atom. The fraction of sp³-hybridized carbons (Fsp3) is 0.444. The Morgan fingerprint density at radius 1 is 1.54 bits per heavy atom. The van der Waals surface area contributed by atoms with E-state index >= 15 is 0 Å². The second-order valence-electron chi connectivity index (χ2n) is 3.08. The molecule has 0 radical (unpaired) electrons. The molecule has 70 valence electrons. The molecule has 1 fully saturated rings. The highest BCUT2D eigenvalue weighted by Crippen LogP contribution is 2.13. The van der Waals surface area contributed by atoms with Crippen LogP contribution in [-0.2, 0) is 4.79 Å². The highest BCUT2D eigenvalue weighted by Gasteiger charge is 2.18. The fourth-order valence-corrected chi connectivity index (χ4v) is 1.43. The summed E-state index contributed by atoms with van der Waals surface area (Å²) in [5.74, 6) is 0.976. The maximum absolute atomic E-state index is 11.0. The summed E-state index contributed by atoms with van der Waals surface area (Å²) >= 11 is 0. The van der Waals surface area contributed by atoms with E-state index in [2.05, 4.69) is 10.6 Å². The number of rotatable bonds is 1. The minimum atomic E-state index is 0.0987. The first kappa shape index (κ1) is 8.31. The Kier molecular flexibility index (Phi) is 2.31. The van der Waals surface area contributed by atoms with Gasteiger partial charge in [0.2, 0.25) is 5.91 Å². The summed E-state index contributed by atoms with van der Waals surface area (Å²) in [6.45, 7) is 1.31. The van der Waals surface area contributed by atoms with Gasteiger partial charge < -0.3 is 15.1 Å². The van der Waals surface area contributed by atoms with Crippen molar-refractivity contribution in [3.8, 4) is 0 Å². The zero-order valence-corrected chi connectivity index (χ0v) is 7.25. The van der Waals surface area contributed by atoms with Crippen molar-refractivity contribution in [2.45, 2.75) is 12.5 Å². The molecule has 2 N–H and O–H groups in total. The quantitative estimate of drug-likeness (QED) is 0.659. The van der Waals surface area contributed by atoms with E-state index in [9.17, 15) is 4.79 Å². The molecule has 0 spiro atoms. The zero-order valence-electron chi connectivity index (χ0n) is 7.25. The average molecular weight is 180 g/mol. The van der Waals surface area contributed by atoms with Crippen molar-refractivity contribution >= 4 is 5.91 Å². The second kappa shape index (κ2) is 3.62. The first-order valence-electron chi connectivity index (χ1n) is 4.40. The third kappa shape index (κ3) is 1.89. The van der Waals surface area contributed by atoms with E-state index in [-0.39, 0.29) is 11.9 Å². The molecule has 4 nitrogen and oxygen atoms in total. The Morgan fingerprint density at radius 3 is 3.23 bits per heavy atom. The number of carbonyl (C=O) groups is 1. The number of nitrogens with one attached hydrogen (secondary N) is 2. The predicted molar refractivity (Wildman–Crippen MR) is 47.1 cm³/mol. The molecular weight excluding hydrogens is 168 g/mol. The van der Waals surface area contributed by atoms with Crippen LogP contribution in [0.1, 0.15) is 18.2 Å². The van der Waals surface area contributed by atoms with E-state index in [1.165, 1.54) is 0 Å². The first-order valence-corrected chi connectivity index (χ1v) is 4.40. The van der Waals surface area contributed by atoms with E-state index in [0.29, 0.717) is 19.5 Å². The van der Waals surface area contributed by atoms with Gasteiger partial charge in [0.05, 0.1) is 12.3 Å². The molecule has 1 aromatic rings. The van der Waals surface area contributed by atoms with Crippen LogP contribution in [0.25, 0.3) is 0 Å². The fourth-order valence-electron chi connectivity index (χ4n) is 1.43. The molecule has 2 rings (SSSR count). The van der Waals surface area contributed by atoms with Crippen LogP contribution in [0.15, 0.2) is 22.8 Å². The van der Waals surface area contributed by atoms with E-state index in [1.54, 1.807) is 6.26 Å². The normalized spacial score (nSPS) is 23.7. The first-order chi connectivity index (χ1) is 6.36. The van der Waals surface area contributed by atoms with Gasteiger partial charge in [-0.15, -0.1) is 0 Å². The topological polar surface area (TPSA) is 54.3 Å². The molecule has 1 aliphatic rings. The van der Waals surface area contributed by atoms with Crippen LogP contribution in [0, 0.1) is 0 Å². The van der Waals surface area contributed by atoms with Gasteiger partial charge in [-0.05, 0) is 12.1 Å². The summed E-state index contributed by atoms with van der Waals surface area (Å²) in [6.07, 6.45) is 2.18. The van der Waals surface area contributed by atoms with E-state index < -0.39 is 0 Å². The minimum Gasteiger partial charge on any atom is -0.468 e. The van der Waals surface area contributed by atoms with Crippen LogP contribution in [0.5, 0.6) is 0 Å². The lowest BCUT2D eigenvalue weighted by Crippen LogP contribution is -2.28. The highest BCUT2D eigenvalue weighted by atomic mass is 16.3.